The summed E-state index contributed by atoms with van der Waals surface area (Å²) in [6.07, 6.45) is 0.819. The molecule has 1 heterocycles. The number of hydrogen-bond donors (Lipinski definition) is 1. The molecule has 0 aliphatic carbocycles. The standard InChI is InChI=1S/C12H17ClN2O2S/c1-9-3-2-4-11(12(9)13)18(16,17)15-6-5-10(7-14)8-15/h2-4,10H,5-8,14H2,1H3. The summed E-state index contributed by atoms with van der Waals surface area (Å²) >= 11 is 6.10. The topological polar surface area (TPSA) is 63.4 Å². The van der Waals surface area contributed by atoms with Gasteiger partial charge in [-0.3, -0.25) is 0 Å². The lowest BCUT2D eigenvalue weighted by Crippen LogP contribution is -2.30. The molecule has 1 aromatic carbocycles. The molecular formula is C12H17ClN2O2S. The van der Waals surface area contributed by atoms with E-state index in [4.69, 9.17) is 17.3 Å². The summed E-state index contributed by atoms with van der Waals surface area (Å²) in [7, 11) is -3.49. The van der Waals surface area contributed by atoms with E-state index in [0.29, 0.717) is 24.7 Å². The first-order chi connectivity index (χ1) is 8.46. The molecule has 0 radical (unpaired) electrons. The molecule has 2 rings (SSSR count). The first-order valence-corrected chi connectivity index (χ1v) is 7.74. The van der Waals surface area contributed by atoms with Crippen LogP contribution in [0.5, 0.6) is 0 Å². The Balaban J connectivity index is 2.35. The molecule has 0 aromatic heterocycles. The molecule has 1 fully saturated rings. The summed E-state index contributed by atoms with van der Waals surface area (Å²) in [4.78, 5) is 0.196. The molecule has 0 amide bonds. The van der Waals surface area contributed by atoms with Crippen LogP contribution in [0.3, 0.4) is 0 Å². The Hall–Kier alpha value is -0.620. The smallest absolute Gasteiger partial charge is 0.244 e. The Morgan fingerprint density at radius 3 is 2.83 bits per heavy atom. The van der Waals surface area contributed by atoms with E-state index in [1.807, 2.05) is 0 Å². The lowest BCUT2D eigenvalue weighted by Gasteiger charge is -2.17. The number of halogens is 1. The third kappa shape index (κ3) is 2.40. The molecule has 1 aliphatic heterocycles. The largest absolute Gasteiger partial charge is 0.330 e. The highest BCUT2D eigenvalue weighted by Crippen LogP contribution is 2.30. The van der Waals surface area contributed by atoms with Crippen LogP contribution in [0.1, 0.15) is 12.0 Å². The number of nitrogens with two attached hydrogens (primary N) is 1. The van der Waals surface area contributed by atoms with E-state index >= 15 is 0 Å². The van der Waals surface area contributed by atoms with Crippen LogP contribution in [0.25, 0.3) is 0 Å². The van der Waals surface area contributed by atoms with Gasteiger partial charge in [0.05, 0.1) is 5.02 Å². The molecule has 6 heteroatoms. The minimum absolute atomic E-state index is 0.196. The van der Waals surface area contributed by atoms with Crippen LogP contribution in [-0.4, -0.2) is 32.4 Å². The third-order valence-corrected chi connectivity index (χ3v) is 5.88. The van der Waals surface area contributed by atoms with Gasteiger partial charge in [0.15, 0.2) is 0 Å². The van der Waals surface area contributed by atoms with E-state index in [1.165, 1.54) is 4.31 Å². The highest BCUT2D eigenvalue weighted by Gasteiger charge is 2.33. The van der Waals surface area contributed by atoms with Crippen LogP contribution in [0, 0.1) is 12.8 Å². The van der Waals surface area contributed by atoms with E-state index < -0.39 is 10.0 Å². The van der Waals surface area contributed by atoms with Crippen molar-refractivity contribution < 1.29 is 8.42 Å². The lowest BCUT2D eigenvalue weighted by molar-refractivity contribution is 0.459. The molecule has 0 bridgehead atoms. The number of hydrogen-bond acceptors (Lipinski definition) is 3. The van der Waals surface area contributed by atoms with Crippen molar-refractivity contribution >= 4 is 21.6 Å². The third-order valence-electron chi connectivity index (χ3n) is 3.36. The van der Waals surface area contributed by atoms with Gasteiger partial charge in [-0.05, 0) is 37.4 Å². The molecule has 2 N–H and O–H groups in total. The van der Waals surface area contributed by atoms with E-state index in [-0.39, 0.29) is 10.8 Å². The van der Waals surface area contributed by atoms with Crippen molar-refractivity contribution in [2.45, 2.75) is 18.2 Å². The predicted octanol–water partition coefficient (Wildman–Crippen LogP) is 1.62. The van der Waals surface area contributed by atoms with Gasteiger partial charge in [-0.1, -0.05) is 23.7 Å². The Morgan fingerprint density at radius 2 is 2.22 bits per heavy atom. The SMILES string of the molecule is Cc1cccc(S(=O)(=O)N2CCC(CN)C2)c1Cl. The van der Waals surface area contributed by atoms with Crippen molar-refractivity contribution in [1.29, 1.82) is 0 Å². The van der Waals surface area contributed by atoms with E-state index in [1.54, 1.807) is 25.1 Å². The van der Waals surface area contributed by atoms with Crippen LogP contribution in [0.4, 0.5) is 0 Å². The molecule has 1 saturated heterocycles. The molecule has 0 saturated carbocycles. The summed E-state index contributed by atoms with van der Waals surface area (Å²) in [6.45, 7) is 3.33. The minimum atomic E-state index is -3.49. The average Bonchev–Trinajstić information content (AvgIpc) is 2.81. The highest BCUT2D eigenvalue weighted by atomic mass is 35.5. The van der Waals surface area contributed by atoms with Crippen LogP contribution in [-0.2, 0) is 10.0 Å². The van der Waals surface area contributed by atoms with Crippen molar-refractivity contribution in [2.24, 2.45) is 11.7 Å². The van der Waals surface area contributed by atoms with Crippen molar-refractivity contribution in [3.8, 4) is 0 Å². The summed E-state index contributed by atoms with van der Waals surface area (Å²) in [5.41, 5.74) is 6.36. The second kappa shape index (κ2) is 5.17. The van der Waals surface area contributed by atoms with Gasteiger partial charge in [-0.25, -0.2) is 8.42 Å². The quantitative estimate of drug-likeness (QED) is 0.919. The summed E-state index contributed by atoms with van der Waals surface area (Å²) in [5.74, 6) is 0.253. The molecule has 0 spiro atoms. The molecule has 1 atom stereocenters. The molecular weight excluding hydrogens is 272 g/mol. The normalized spacial score (nSPS) is 21.4. The molecule has 100 valence electrons. The first-order valence-electron chi connectivity index (χ1n) is 5.92. The van der Waals surface area contributed by atoms with Gasteiger partial charge in [-0.15, -0.1) is 0 Å². The highest BCUT2D eigenvalue weighted by molar-refractivity contribution is 7.89. The summed E-state index contributed by atoms with van der Waals surface area (Å²) in [6, 6.07) is 5.07. The van der Waals surface area contributed by atoms with Crippen molar-refractivity contribution in [3.63, 3.8) is 0 Å². The van der Waals surface area contributed by atoms with Crippen molar-refractivity contribution in [1.82, 2.24) is 4.31 Å². The Kier molecular flexibility index (Phi) is 3.96. The zero-order chi connectivity index (χ0) is 13.3. The number of sulfonamides is 1. The molecule has 1 unspecified atom stereocenters. The maximum atomic E-state index is 12.5. The van der Waals surface area contributed by atoms with E-state index in [0.717, 1.165) is 12.0 Å². The molecule has 4 nitrogen and oxygen atoms in total. The summed E-state index contributed by atoms with van der Waals surface area (Å²) in [5, 5.41) is 0.314. The number of benzene rings is 1. The van der Waals surface area contributed by atoms with E-state index in [9.17, 15) is 8.42 Å². The van der Waals surface area contributed by atoms with Crippen LogP contribution in [0.2, 0.25) is 5.02 Å². The van der Waals surface area contributed by atoms with Crippen LogP contribution >= 0.6 is 11.6 Å². The molecule has 1 aromatic rings. The second-order valence-electron chi connectivity index (χ2n) is 4.64. The van der Waals surface area contributed by atoms with Gasteiger partial charge in [0, 0.05) is 13.1 Å². The lowest BCUT2D eigenvalue weighted by atomic mass is 10.1. The van der Waals surface area contributed by atoms with Crippen LogP contribution in [0.15, 0.2) is 23.1 Å². The number of rotatable bonds is 3. The minimum Gasteiger partial charge on any atom is -0.330 e. The Bertz CT molecular complexity index is 545. The van der Waals surface area contributed by atoms with Gasteiger partial charge >= 0.3 is 0 Å². The van der Waals surface area contributed by atoms with Gasteiger partial charge < -0.3 is 5.73 Å². The number of aryl methyl sites for hydroxylation is 1. The average molecular weight is 289 g/mol. The maximum Gasteiger partial charge on any atom is 0.244 e. The van der Waals surface area contributed by atoms with Crippen molar-refractivity contribution in [2.75, 3.05) is 19.6 Å². The summed E-state index contributed by atoms with van der Waals surface area (Å²) < 4.78 is 26.4. The van der Waals surface area contributed by atoms with Gasteiger partial charge in [0.1, 0.15) is 4.90 Å². The monoisotopic (exact) mass is 288 g/mol. The number of nitrogens with zero attached hydrogens (tertiary/aromatic N) is 1. The second-order valence-corrected chi connectivity index (χ2v) is 6.92. The maximum absolute atomic E-state index is 12.5. The predicted molar refractivity (Wildman–Crippen MR) is 72.1 cm³/mol. The van der Waals surface area contributed by atoms with Crippen LogP contribution < -0.4 is 5.73 Å². The van der Waals surface area contributed by atoms with Gasteiger partial charge in [-0.2, -0.15) is 4.31 Å². The zero-order valence-corrected chi connectivity index (χ0v) is 11.8. The first kappa shape index (κ1) is 13.8. The van der Waals surface area contributed by atoms with Crippen molar-refractivity contribution in [3.05, 3.63) is 28.8 Å². The molecule has 1 aliphatic rings. The van der Waals surface area contributed by atoms with Gasteiger partial charge in [0.25, 0.3) is 0 Å². The van der Waals surface area contributed by atoms with E-state index in [2.05, 4.69) is 0 Å². The fourth-order valence-corrected chi connectivity index (χ4v) is 4.25. The zero-order valence-electron chi connectivity index (χ0n) is 10.3. The fraction of sp³-hybridized carbons (Fsp3) is 0.500. The molecule has 18 heavy (non-hydrogen) atoms. The van der Waals surface area contributed by atoms with Gasteiger partial charge in [0.2, 0.25) is 10.0 Å². The Morgan fingerprint density at radius 1 is 1.50 bits per heavy atom. The fourth-order valence-electron chi connectivity index (χ4n) is 2.17. The Labute approximate surface area is 113 Å².